The monoisotopic (exact) mass is 261 g/mol. The minimum atomic E-state index is -0.740. The Morgan fingerprint density at radius 3 is 2.47 bits per heavy atom. The quantitative estimate of drug-likeness (QED) is 0.849. The third-order valence-corrected chi connectivity index (χ3v) is 2.12. The molecule has 0 aliphatic heterocycles. The van der Waals surface area contributed by atoms with Crippen molar-refractivity contribution in [3.05, 3.63) is 40.9 Å². The maximum atomic E-state index is 13.5. The van der Waals surface area contributed by atoms with E-state index in [4.69, 9.17) is 16.3 Å². The molecule has 0 amide bonds. The lowest BCUT2D eigenvalue weighted by atomic mass is 10.2. The Balaban J connectivity index is 2.82. The lowest BCUT2D eigenvalue weighted by Gasteiger charge is -2.09. The van der Waals surface area contributed by atoms with Crippen LogP contribution in [-0.4, -0.2) is 13.2 Å². The van der Waals surface area contributed by atoms with E-state index >= 15 is 0 Å². The Hall–Kier alpha value is -1.13. The number of halogens is 3. The Morgan fingerprint density at radius 1 is 1.41 bits per heavy atom. The molecule has 0 aliphatic carbocycles. The molecule has 0 fully saturated rings. The van der Waals surface area contributed by atoms with E-state index in [1.54, 1.807) is 0 Å². The van der Waals surface area contributed by atoms with Crippen molar-refractivity contribution in [3.8, 4) is 5.75 Å². The van der Waals surface area contributed by atoms with Gasteiger partial charge >= 0.3 is 0 Å². The minimum Gasteiger partial charge on any atom is -0.482 e. The van der Waals surface area contributed by atoms with Gasteiger partial charge in [-0.05, 0) is 24.2 Å². The second kappa shape index (κ2) is 6.57. The summed E-state index contributed by atoms with van der Waals surface area (Å²) in [6, 6.07) is 2.47. The predicted molar refractivity (Wildman–Crippen MR) is 64.2 cm³/mol. The van der Waals surface area contributed by atoms with Crippen LogP contribution in [0.3, 0.4) is 0 Å². The summed E-state index contributed by atoms with van der Waals surface area (Å²) in [7, 11) is 0. The van der Waals surface area contributed by atoms with Crippen molar-refractivity contribution in [1.29, 1.82) is 0 Å². The summed E-state index contributed by atoms with van der Waals surface area (Å²) >= 11 is 5.46. The van der Waals surface area contributed by atoms with Gasteiger partial charge < -0.3 is 10.1 Å². The molecule has 1 rings (SSSR count). The van der Waals surface area contributed by atoms with Crippen molar-refractivity contribution in [3.63, 3.8) is 0 Å². The third kappa shape index (κ3) is 4.32. The molecule has 0 saturated carbocycles. The molecule has 1 aromatic rings. The molecular weight excluding hydrogens is 248 g/mol. The van der Waals surface area contributed by atoms with Crippen LogP contribution >= 0.6 is 11.6 Å². The first-order valence-corrected chi connectivity index (χ1v) is 5.57. The van der Waals surface area contributed by atoms with E-state index in [0.717, 1.165) is 6.54 Å². The Bertz CT molecular complexity index is 386. The molecule has 1 aromatic carbocycles. The minimum absolute atomic E-state index is 0.123. The standard InChI is InChI=1S/C12H14ClF2NO/c1-3-16-6-9-4-10(14)12(11(15)5-9)17-7-8(2)13/h4-5,16H,2-3,6-7H2,1H3. The second-order valence-electron chi connectivity index (χ2n) is 3.47. The molecule has 0 atom stereocenters. The highest BCUT2D eigenvalue weighted by atomic mass is 35.5. The summed E-state index contributed by atoms with van der Waals surface area (Å²) in [5.41, 5.74) is 0.527. The topological polar surface area (TPSA) is 21.3 Å². The highest BCUT2D eigenvalue weighted by molar-refractivity contribution is 6.29. The van der Waals surface area contributed by atoms with E-state index < -0.39 is 17.4 Å². The fraction of sp³-hybridized carbons (Fsp3) is 0.333. The fourth-order valence-electron chi connectivity index (χ4n) is 1.27. The van der Waals surface area contributed by atoms with Crippen LogP contribution < -0.4 is 10.1 Å². The van der Waals surface area contributed by atoms with Gasteiger partial charge in [0.25, 0.3) is 0 Å². The van der Waals surface area contributed by atoms with E-state index in [2.05, 4.69) is 11.9 Å². The molecule has 0 heterocycles. The van der Waals surface area contributed by atoms with Crippen LogP contribution in [-0.2, 0) is 6.54 Å². The lowest BCUT2D eigenvalue weighted by molar-refractivity contribution is 0.317. The molecule has 0 saturated heterocycles. The lowest BCUT2D eigenvalue weighted by Crippen LogP contribution is -2.12. The fourth-order valence-corrected chi connectivity index (χ4v) is 1.33. The molecule has 0 spiro atoms. The first kappa shape index (κ1) is 13.9. The van der Waals surface area contributed by atoms with Crippen LogP contribution in [0.1, 0.15) is 12.5 Å². The summed E-state index contributed by atoms with van der Waals surface area (Å²) in [6.07, 6.45) is 0. The zero-order chi connectivity index (χ0) is 12.8. The largest absolute Gasteiger partial charge is 0.482 e. The zero-order valence-electron chi connectivity index (χ0n) is 9.53. The van der Waals surface area contributed by atoms with Gasteiger partial charge in [-0.25, -0.2) is 8.78 Å². The first-order valence-electron chi connectivity index (χ1n) is 5.19. The molecule has 0 aliphatic rings. The van der Waals surface area contributed by atoms with E-state index in [9.17, 15) is 8.78 Å². The molecule has 5 heteroatoms. The van der Waals surface area contributed by atoms with Crippen molar-refractivity contribution in [2.45, 2.75) is 13.5 Å². The van der Waals surface area contributed by atoms with E-state index in [1.807, 2.05) is 6.92 Å². The Kier molecular flexibility index (Phi) is 5.38. The van der Waals surface area contributed by atoms with Crippen LogP contribution in [0.5, 0.6) is 5.75 Å². The van der Waals surface area contributed by atoms with Crippen molar-refractivity contribution in [2.24, 2.45) is 0 Å². The van der Waals surface area contributed by atoms with E-state index in [-0.39, 0.29) is 11.6 Å². The van der Waals surface area contributed by atoms with Gasteiger partial charge in [0.05, 0.1) is 0 Å². The second-order valence-corrected chi connectivity index (χ2v) is 4.01. The van der Waals surface area contributed by atoms with Gasteiger partial charge in [0, 0.05) is 11.6 Å². The molecule has 17 heavy (non-hydrogen) atoms. The number of ether oxygens (including phenoxy) is 1. The SMILES string of the molecule is C=C(Cl)COc1c(F)cc(CNCC)cc1F. The zero-order valence-corrected chi connectivity index (χ0v) is 10.3. The average Bonchev–Trinajstić information content (AvgIpc) is 2.24. The highest BCUT2D eigenvalue weighted by Crippen LogP contribution is 2.24. The van der Waals surface area contributed by atoms with Gasteiger partial charge in [-0.2, -0.15) is 0 Å². The van der Waals surface area contributed by atoms with Gasteiger partial charge in [0.15, 0.2) is 17.4 Å². The van der Waals surface area contributed by atoms with Crippen molar-refractivity contribution < 1.29 is 13.5 Å². The van der Waals surface area contributed by atoms with E-state index in [0.29, 0.717) is 12.1 Å². The highest BCUT2D eigenvalue weighted by Gasteiger charge is 2.12. The van der Waals surface area contributed by atoms with Crippen molar-refractivity contribution in [2.75, 3.05) is 13.2 Å². The number of rotatable bonds is 6. The van der Waals surface area contributed by atoms with Crippen LogP contribution in [0.25, 0.3) is 0 Å². The summed E-state index contributed by atoms with van der Waals surface area (Å²) < 4.78 is 31.9. The Morgan fingerprint density at radius 2 is 2.00 bits per heavy atom. The molecule has 0 radical (unpaired) electrons. The summed E-state index contributed by atoms with van der Waals surface area (Å²) in [5, 5.41) is 3.16. The summed E-state index contributed by atoms with van der Waals surface area (Å²) in [5.74, 6) is -1.90. The van der Waals surface area contributed by atoms with Gasteiger partial charge in [-0.3, -0.25) is 0 Å². The number of benzene rings is 1. The van der Waals surface area contributed by atoms with Gasteiger partial charge in [-0.15, -0.1) is 0 Å². The first-order chi connectivity index (χ1) is 8.04. The number of nitrogens with one attached hydrogen (secondary N) is 1. The summed E-state index contributed by atoms with van der Waals surface area (Å²) in [6.45, 7) is 6.30. The smallest absolute Gasteiger partial charge is 0.191 e. The number of hydrogen-bond acceptors (Lipinski definition) is 2. The number of hydrogen-bond donors (Lipinski definition) is 1. The van der Waals surface area contributed by atoms with Gasteiger partial charge in [0.2, 0.25) is 0 Å². The molecule has 1 N–H and O–H groups in total. The molecule has 94 valence electrons. The van der Waals surface area contributed by atoms with Crippen LogP contribution in [0, 0.1) is 11.6 Å². The maximum Gasteiger partial charge on any atom is 0.191 e. The average molecular weight is 262 g/mol. The van der Waals surface area contributed by atoms with Crippen molar-refractivity contribution >= 4 is 11.6 Å². The molecular formula is C12H14ClF2NO. The maximum absolute atomic E-state index is 13.5. The van der Waals surface area contributed by atoms with Crippen LogP contribution in [0.2, 0.25) is 0 Å². The predicted octanol–water partition coefficient (Wildman–Crippen LogP) is 3.21. The molecule has 0 aromatic heterocycles. The molecule has 2 nitrogen and oxygen atoms in total. The summed E-state index contributed by atoms with van der Waals surface area (Å²) in [4.78, 5) is 0. The third-order valence-electron chi connectivity index (χ3n) is 2.01. The van der Waals surface area contributed by atoms with Crippen LogP contribution in [0.4, 0.5) is 8.78 Å². The van der Waals surface area contributed by atoms with Gasteiger partial charge in [0.1, 0.15) is 6.61 Å². The molecule has 0 bridgehead atoms. The van der Waals surface area contributed by atoms with Crippen molar-refractivity contribution in [1.82, 2.24) is 5.32 Å². The Labute approximate surface area is 104 Å². The van der Waals surface area contributed by atoms with E-state index in [1.165, 1.54) is 12.1 Å². The normalized spacial score (nSPS) is 10.4. The van der Waals surface area contributed by atoms with Gasteiger partial charge in [-0.1, -0.05) is 25.1 Å². The van der Waals surface area contributed by atoms with Crippen LogP contribution in [0.15, 0.2) is 23.7 Å². The molecule has 0 unspecified atom stereocenters.